The molecule has 2 aliphatic rings. The number of nitrogens with zero attached hydrogens (tertiary/aromatic N) is 1. The molecule has 1 heterocycles. The quantitative estimate of drug-likeness (QED) is 0.927. The number of carbonyl (C=O) groups excluding carboxylic acids is 1. The van der Waals surface area contributed by atoms with Gasteiger partial charge in [0.05, 0.1) is 5.41 Å². The second-order valence-electron chi connectivity index (χ2n) is 7.12. The van der Waals surface area contributed by atoms with Crippen molar-refractivity contribution >= 4 is 5.91 Å². The van der Waals surface area contributed by atoms with Crippen molar-refractivity contribution in [2.24, 2.45) is 0 Å². The first kappa shape index (κ1) is 15.5. The maximum absolute atomic E-state index is 14.0. The van der Waals surface area contributed by atoms with Crippen LogP contribution in [-0.2, 0) is 10.2 Å². The number of piperidine rings is 1. The maximum Gasteiger partial charge on any atom is 0.230 e. The van der Waals surface area contributed by atoms with Crippen LogP contribution in [0.3, 0.4) is 0 Å². The number of rotatable bonds is 4. The third-order valence-corrected chi connectivity index (χ3v) is 5.04. The molecule has 1 amide bonds. The zero-order valence-electron chi connectivity index (χ0n) is 13.4. The Morgan fingerprint density at radius 1 is 1.18 bits per heavy atom. The van der Waals surface area contributed by atoms with Gasteiger partial charge in [0.25, 0.3) is 0 Å². The number of hydrogen-bond donors (Lipinski definition) is 1. The third-order valence-electron chi connectivity index (χ3n) is 5.04. The predicted octanol–water partition coefficient (Wildman–Crippen LogP) is 2.85. The summed E-state index contributed by atoms with van der Waals surface area (Å²) >= 11 is 0. The number of benzene rings is 1. The van der Waals surface area contributed by atoms with Crippen LogP contribution in [0.2, 0.25) is 0 Å². The summed E-state index contributed by atoms with van der Waals surface area (Å²) in [6.45, 7) is 5.71. The fourth-order valence-electron chi connectivity index (χ4n) is 3.30. The van der Waals surface area contributed by atoms with Gasteiger partial charge in [0.2, 0.25) is 5.91 Å². The molecule has 1 aliphatic carbocycles. The minimum Gasteiger partial charge on any atom is -0.353 e. The number of amides is 1. The molecule has 3 rings (SSSR count). The lowest BCUT2D eigenvalue weighted by atomic mass is 9.83. The van der Waals surface area contributed by atoms with Crippen LogP contribution in [0.15, 0.2) is 24.3 Å². The summed E-state index contributed by atoms with van der Waals surface area (Å²) in [6, 6.07) is 7.56. The summed E-state index contributed by atoms with van der Waals surface area (Å²) in [5.74, 6) is -0.395. The molecule has 22 heavy (non-hydrogen) atoms. The molecule has 1 aliphatic heterocycles. The normalized spacial score (nSPS) is 20.9. The van der Waals surface area contributed by atoms with Crippen LogP contribution in [0.4, 0.5) is 4.39 Å². The molecule has 0 unspecified atom stereocenters. The van der Waals surface area contributed by atoms with Crippen molar-refractivity contribution < 1.29 is 9.18 Å². The number of hydrogen-bond acceptors (Lipinski definition) is 2. The molecule has 1 aromatic rings. The van der Waals surface area contributed by atoms with E-state index in [9.17, 15) is 9.18 Å². The molecule has 4 heteroatoms. The lowest BCUT2D eigenvalue weighted by molar-refractivity contribution is -0.126. The number of nitrogens with one attached hydrogen (secondary N) is 1. The second kappa shape index (κ2) is 5.99. The van der Waals surface area contributed by atoms with Crippen LogP contribution in [0, 0.1) is 5.82 Å². The molecule has 0 atom stereocenters. The number of halogens is 1. The summed E-state index contributed by atoms with van der Waals surface area (Å²) in [5.41, 5.74) is -0.387. The van der Waals surface area contributed by atoms with Gasteiger partial charge in [-0.15, -0.1) is 0 Å². The Kier molecular flexibility index (Phi) is 4.22. The van der Waals surface area contributed by atoms with E-state index < -0.39 is 5.41 Å². The zero-order valence-corrected chi connectivity index (χ0v) is 13.4. The Balaban J connectivity index is 1.60. The van der Waals surface area contributed by atoms with Gasteiger partial charge in [-0.1, -0.05) is 18.2 Å². The standard InChI is InChI=1S/C18H25FN2O/c1-18(2,15-5-3-4-6-16(15)19)17(22)20-13-9-11-21(12-10-13)14-7-8-14/h3-6,13-14H,7-12H2,1-2H3,(H,20,22). The fraction of sp³-hybridized carbons (Fsp3) is 0.611. The summed E-state index contributed by atoms with van der Waals surface area (Å²) < 4.78 is 14.0. The minimum absolute atomic E-state index is 0.0810. The van der Waals surface area contributed by atoms with Gasteiger partial charge < -0.3 is 10.2 Å². The molecule has 0 bridgehead atoms. The summed E-state index contributed by atoms with van der Waals surface area (Å²) in [7, 11) is 0. The van der Waals surface area contributed by atoms with Gasteiger partial charge in [0.15, 0.2) is 0 Å². The summed E-state index contributed by atoms with van der Waals surface area (Å²) in [5, 5.41) is 3.13. The van der Waals surface area contributed by atoms with E-state index in [0.29, 0.717) is 5.56 Å². The molecule has 0 aromatic heterocycles. The van der Waals surface area contributed by atoms with E-state index in [2.05, 4.69) is 10.2 Å². The second-order valence-corrected chi connectivity index (χ2v) is 7.12. The van der Waals surface area contributed by atoms with Gasteiger partial charge in [-0.2, -0.15) is 0 Å². The van der Waals surface area contributed by atoms with Crippen LogP contribution < -0.4 is 5.32 Å². The van der Waals surface area contributed by atoms with E-state index >= 15 is 0 Å². The minimum atomic E-state index is -0.848. The highest BCUT2D eigenvalue weighted by molar-refractivity contribution is 5.87. The van der Waals surface area contributed by atoms with Crippen LogP contribution in [0.1, 0.15) is 45.1 Å². The first-order valence-corrected chi connectivity index (χ1v) is 8.28. The average molecular weight is 304 g/mol. The highest BCUT2D eigenvalue weighted by Gasteiger charge is 2.36. The molecular weight excluding hydrogens is 279 g/mol. The lowest BCUT2D eigenvalue weighted by Crippen LogP contribution is -2.50. The molecule has 0 radical (unpaired) electrons. The van der Waals surface area contributed by atoms with Crippen molar-refractivity contribution in [3.8, 4) is 0 Å². The SMILES string of the molecule is CC(C)(C(=O)NC1CCN(C2CC2)CC1)c1ccccc1F. The first-order chi connectivity index (χ1) is 10.5. The van der Waals surface area contributed by atoms with Gasteiger partial charge in [-0.25, -0.2) is 4.39 Å². The van der Waals surface area contributed by atoms with Gasteiger partial charge in [-0.3, -0.25) is 4.79 Å². The van der Waals surface area contributed by atoms with Gasteiger partial charge in [-0.05, 0) is 45.6 Å². The third kappa shape index (κ3) is 3.17. The molecule has 2 fully saturated rings. The van der Waals surface area contributed by atoms with Crippen molar-refractivity contribution in [1.29, 1.82) is 0 Å². The summed E-state index contributed by atoms with van der Waals surface area (Å²) in [6.07, 6.45) is 4.65. The van der Waals surface area contributed by atoms with E-state index in [1.165, 1.54) is 18.9 Å². The Hall–Kier alpha value is -1.42. The molecule has 120 valence electrons. The number of likely N-dealkylation sites (tertiary alicyclic amines) is 1. The molecule has 3 nitrogen and oxygen atoms in total. The van der Waals surface area contributed by atoms with Crippen molar-refractivity contribution in [1.82, 2.24) is 10.2 Å². The highest BCUT2D eigenvalue weighted by Crippen LogP contribution is 2.30. The average Bonchev–Trinajstić information content (AvgIpc) is 3.33. The van der Waals surface area contributed by atoms with Crippen molar-refractivity contribution in [3.05, 3.63) is 35.6 Å². The Morgan fingerprint density at radius 2 is 1.82 bits per heavy atom. The van der Waals surface area contributed by atoms with Gasteiger partial charge >= 0.3 is 0 Å². The van der Waals surface area contributed by atoms with E-state index in [1.807, 2.05) is 0 Å². The Morgan fingerprint density at radius 3 is 2.41 bits per heavy atom. The predicted molar refractivity (Wildman–Crippen MR) is 85.2 cm³/mol. The Bertz CT molecular complexity index is 546. The van der Waals surface area contributed by atoms with Crippen LogP contribution in [0.25, 0.3) is 0 Å². The molecule has 1 N–H and O–H groups in total. The Labute approximate surface area is 131 Å². The van der Waals surface area contributed by atoms with Crippen molar-refractivity contribution in [2.45, 2.75) is 57.0 Å². The smallest absolute Gasteiger partial charge is 0.230 e. The monoisotopic (exact) mass is 304 g/mol. The molecule has 0 spiro atoms. The lowest BCUT2D eigenvalue weighted by Gasteiger charge is -2.34. The highest BCUT2D eigenvalue weighted by atomic mass is 19.1. The molecular formula is C18H25FN2O. The van der Waals surface area contributed by atoms with Crippen molar-refractivity contribution in [3.63, 3.8) is 0 Å². The van der Waals surface area contributed by atoms with Gasteiger partial charge in [0, 0.05) is 30.7 Å². The molecule has 1 saturated heterocycles. The zero-order chi connectivity index (χ0) is 15.7. The topological polar surface area (TPSA) is 32.3 Å². The van der Waals surface area contributed by atoms with Gasteiger partial charge in [0.1, 0.15) is 5.82 Å². The van der Waals surface area contributed by atoms with Crippen LogP contribution in [-0.4, -0.2) is 36.0 Å². The fourth-order valence-corrected chi connectivity index (χ4v) is 3.30. The van der Waals surface area contributed by atoms with Crippen molar-refractivity contribution in [2.75, 3.05) is 13.1 Å². The van der Waals surface area contributed by atoms with E-state index in [4.69, 9.17) is 0 Å². The summed E-state index contributed by atoms with van der Waals surface area (Å²) in [4.78, 5) is 15.2. The maximum atomic E-state index is 14.0. The van der Waals surface area contributed by atoms with E-state index in [0.717, 1.165) is 32.0 Å². The first-order valence-electron chi connectivity index (χ1n) is 8.28. The number of carbonyl (C=O) groups is 1. The van der Waals surface area contributed by atoms with E-state index in [1.54, 1.807) is 32.0 Å². The van der Waals surface area contributed by atoms with Crippen LogP contribution in [0.5, 0.6) is 0 Å². The molecule has 1 saturated carbocycles. The van der Waals surface area contributed by atoms with Crippen LogP contribution >= 0.6 is 0 Å². The molecule has 1 aromatic carbocycles. The largest absolute Gasteiger partial charge is 0.353 e. The van der Waals surface area contributed by atoms with E-state index in [-0.39, 0.29) is 17.8 Å².